The molecule has 0 amide bonds. The van der Waals surface area contributed by atoms with Gasteiger partial charge in [-0.2, -0.15) is 0 Å². The summed E-state index contributed by atoms with van der Waals surface area (Å²) in [5, 5.41) is 0. The van der Waals surface area contributed by atoms with Crippen molar-refractivity contribution in [2.75, 3.05) is 6.54 Å². The summed E-state index contributed by atoms with van der Waals surface area (Å²) in [5.74, 6) is 5.44. The molecule has 2 aromatic rings. The average Bonchev–Trinajstić information content (AvgIpc) is 2.46. The van der Waals surface area contributed by atoms with Crippen molar-refractivity contribution in [2.24, 2.45) is 5.73 Å². The van der Waals surface area contributed by atoms with Crippen LogP contribution >= 0.6 is 11.8 Å². The van der Waals surface area contributed by atoms with Crippen LogP contribution in [0.2, 0.25) is 0 Å². The maximum Gasteiger partial charge on any atom is 0.136 e. The van der Waals surface area contributed by atoms with Crippen molar-refractivity contribution in [3.8, 4) is 11.8 Å². The zero-order valence-corrected chi connectivity index (χ0v) is 11.5. The van der Waals surface area contributed by atoms with Crippen molar-refractivity contribution in [1.29, 1.82) is 0 Å². The van der Waals surface area contributed by atoms with E-state index in [0.29, 0.717) is 17.2 Å². The molecule has 0 atom stereocenters. The molecule has 20 heavy (non-hydrogen) atoms. The van der Waals surface area contributed by atoms with Crippen LogP contribution in [0.15, 0.2) is 47.4 Å². The summed E-state index contributed by atoms with van der Waals surface area (Å²) in [6.45, 7) is 0.313. The molecule has 2 rings (SSSR count). The Balaban J connectivity index is 2.09. The van der Waals surface area contributed by atoms with E-state index in [-0.39, 0.29) is 0 Å². The van der Waals surface area contributed by atoms with Gasteiger partial charge >= 0.3 is 0 Å². The number of hydrogen-bond donors (Lipinski definition) is 1. The van der Waals surface area contributed by atoms with E-state index in [1.54, 1.807) is 0 Å². The van der Waals surface area contributed by atoms with Crippen molar-refractivity contribution in [1.82, 2.24) is 0 Å². The summed E-state index contributed by atoms with van der Waals surface area (Å²) in [4.78, 5) is 0.309. The maximum absolute atomic E-state index is 13.5. The first kappa shape index (κ1) is 14.6. The lowest BCUT2D eigenvalue weighted by molar-refractivity contribution is 0.577. The second-order valence-electron chi connectivity index (χ2n) is 4.07. The standard InChI is InChI=1S/C16H13F2NS/c17-14-6-7-15(18)16(10-14)20-11-13-4-1-3-12(9-13)5-2-8-19/h1,3-4,6-7,9-10H,8,11,19H2. The largest absolute Gasteiger partial charge is 0.320 e. The van der Waals surface area contributed by atoms with Crippen LogP contribution < -0.4 is 5.73 Å². The summed E-state index contributed by atoms with van der Waals surface area (Å²) in [7, 11) is 0. The van der Waals surface area contributed by atoms with E-state index in [0.717, 1.165) is 23.3 Å². The Morgan fingerprint density at radius 1 is 1.10 bits per heavy atom. The third kappa shape index (κ3) is 4.09. The van der Waals surface area contributed by atoms with Gasteiger partial charge in [-0.3, -0.25) is 0 Å². The van der Waals surface area contributed by atoms with Crippen molar-refractivity contribution in [3.05, 3.63) is 65.2 Å². The van der Waals surface area contributed by atoms with E-state index in [1.807, 2.05) is 24.3 Å². The highest BCUT2D eigenvalue weighted by Crippen LogP contribution is 2.26. The Morgan fingerprint density at radius 3 is 2.75 bits per heavy atom. The third-order valence-electron chi connectivity index (χ3n) is 2.55. The predicted octanol–water partition coefficient (Wildman–Crippen LogP) is 3.57. The number of thioether (sulfide) groups is 1. The van der Waals surface area contributed by atoms with Gasteiger partial charge in [0.2, 0.25) is 0 Å². The van der Waals surface area contributed by atoms with Crippen LogP contribution in [0.4, 0.5) is 8.78 Å². The molecule has 0 heterocycles. The van der Waals surface area contributed by atoms with Gasteiger partial charge in [0.1, 0.15) is 11.6 Å². The van der Waals surface area contributed by atoms with Gasteiger partial charge in [-0.15, -0.1) is 11.8 Å². The predicted molar refractivity (Wildman–Crippen MR) is 78.3 cm³/mol. The molecule has 4 heteroatoms. The molecule has 1 nitrogen and oxygen atoms in total. The van der Waals surface area contributed by atoms with E-state index in [2.05, 4.69) is 11.8 Å². The van der Waals surface area contributed by atoms with Crippen LogP contribution in [0.1, 0.15) is 11.1 Å². The Labute approximate surface area is 121 Å². The molecule has 0 saturated heterocycles. The lowest BCUT2D eigenvalue weighted by atomic mass is 10.1. The highest BCUT2D eigenvalue weighted by atomic mass is 32.2. The minimum absolute atomic E-state index is 0.309. The molecule has 0 aliphatic heterocycles. The van der Waals surface area contributed by atoms with Gasteiger partial charge in [-0.25, -0.2) is 8.78 Å². The van der Waals surface area contributed by atoms with Crippen LogP contribution in [-0.4, -0.2) is 6.54 Å². The minimum Gasteiger partial charge on any atom is -0.320 e. The van der Waals surface area contributed by atoms with Crippen LogP contribution in [-0.2, 0) is 5.75 Å². The van der Waals surface area contributed by atoms with Gasteiger partial charge in [0.15, 0.2) is 0 Å². The molecule has 0 unspecified atom stereocenters. The second kappa shape index (κ2) is 7.09. The van der Waals surface area contributed by atoms with Gasteiger partial charge in [0.05, 0.1) is 6.54 Å². The molecule has 102 valence electrons. The second-order valence-corrected chi connectivity index (χ2v) is 5.09. The lowest BCUT2D eigenvalue weighted by Crippen LogP contribution is -1.93. The van der Waals surface area contributed by atoms with Gasteiger partial charge < -0.3 is 5.73 Å². The summed E-state index contributed by atoms with van der Waals surface area (Å²) in [5.41, 5.74) is 7.20. The van der Waals surface area contributed by atoms with Crippen LogP contribution in [0, 0.1) is 23.5 Å². The molecule has 0 fully saturated rings. The quantitative estimate of drug-likeness (QED) is 0.690. The summed E-state index contributed by atoms with van der Waals surface area (Å²) >= 11 is 1.26. The highest BCUT2D eigenvalue weighted by molar-refractivity contribution is 7.98. The van der Waals surface area contributed by atoms with Crippen LogP contribution in [0.3, 0.4) is 0 Å². The minimum atomic E-state index is -0.434. The fourth-order valence-electron chi connectivity index (χ4n) is 1.64. The summed E-state index contributed by atoms with van der Waals surface area (Å²) < 4.78 is 26.6. The van der Waals surface area contributed by atoms with Crippen molar-refractivity contribution < 1.29 is 8.78 Å². The van der Waals surface area contributed by atoms with Crippen LogP contribution in [0.25, 0.3) is 0 Å². The van der Waals surface area contributed by atoms with E-state index in [4.69, 9.17) is 5.73 Å². The first-order chi connectivity index (χ1) is 9.69. The van der Waals surface area contributed by atoms with Gasteiger partial charge in [-0.05, 0) is 35.9 Å². The number of hydrogen-bond acceptors (Lipinski definition) is 2. The van der Waals surface area contributed by atoms with E-state index in [9.17, 15) is 8.78 Å². The number of benzene rings is 2. The average molecular weight is 289 g/mol. The van der Waals surface area contributed by atoms with E-state index < -0.39 is 11.6 Å². The monoisotopic (exact) mass is 289 g/mol. The molecule has 2 N–H and O–H groups in total. The Bertz CT molecular complexity index is 659. The van der Waals surface area contributed by atoms with Crippen molar-refractivity contribution in [2.45, 2.75) is 10.6 Å². The summed E-state index contributed by atoms with van der Waals surface area (Å²) in [6.07, 6.45) is 0. The molecule has 0 aliphatic rings. The van der Waals surface area contributed by atoms with Crippen LogP contribution in [0.5, 0.6) is 0 Å². The fourth-order valence-corrected chi connectivity index (χ4v) is 2.54. The number of halogens is 2. The molecule has 0 aromatic heterocycles. The molecular formula is C16H13F2NS. The SMILES string of the molecule is NCC#Cc1cccc(CSc2cc(F)ccc2F)c1. The molecule has 0 radical (unpaired) electrons. The van der Waals surface area contributed by atoms with Gasteiger partial charge in [0, 0.05) is 16.2 Å². The van der Waals surface area contributed by atoms with E-state index in [1.165, 1.54) is 17.8 Å². The zero-order valence-electron chi connectivity index (χ0n) is 10.7. The first-order valence-electron chi connectivity index (χ1n) is 6.05. The normalized spacial score (nSPS) is 9.95. The Kier molecular flexibility index (Phi) is 5.16. The first-order valence-corrected chi connectivity index (χ1v) is 7.03. The maximum atomic E-state index is 13.5. The zero-order chi connectivity index (χ0) is 14.4. The van der Waals surface area contributed by atoms with Gasteiger partial charge in [0.25, 0.3) is 0 Å². The highest BCUT2D eigenvalue weighted by Gasteiger charge is 2.05. The Hall–Kier alpha value is -1.83. The summed E-state index contributed by atoms with van der Waals surface area (Å²) in [6, 6.07) is 11.1. The third-order valence-corrected chi connectivity index (χ3v) is 3.65. The number of nitrogens with two attached hydrogens (primary N) is 1. The van der Waals surface area contributed by atoms with Crippen molar-refractivity contribution >= 4 is 11.8 Å². The fraction of sp³-hybridized carbons (Fsp3) is 0.125. The molecule has 2 aromatic carbocycles. The molecule has 0 spiro atoms. The molecule has 0 aliphatic carbocycles. The Morgan fingerprint density at radius 2 is 1.95 bits per heavy atom. The number of rotatable bonds is 3. The smallest absolute Gasteiger partial charge is 0.136 e. The van der Waals surface area contributed by atoms with E-state index >= 15 is 0 Å². The molecule has 0 bridgehead atoms. The molecular weight excluding hydrogens is 276 g/mol. The van der Waals surface area contributed by atoms with Crippen molar-refractivity contribution in [3.63, 3.8) is 0 Å². The van der Waals surface area contributed by atoms with Gasteiger partial charge in [-0.1, -0.05) is 24.0 Å². The molecule has 0 saturated carbocycles. The lowest BCUT2D eigenvalue weighted by Gasteiger charge is -2.04. The topological polar surface area (TPSA) is 26.0 Å².